The highest BCUT2D eigenvalue weighted by Crippen LogP contribution is 2.53. The van der Waals surface area contributed by atoms with Crippen LogP contribution in [0.25, 0.3) is 0 Å². The number of ether oxygens (including phenoxy) is 4. The number of carbonyl (C=O) groups excluding carboxylic acids is 2. The number of likely N-dealkylation sites (tertiary alicyclic amines) is 1. The van der Waals surface area contributed by atoms with Crippen LogP contribution in [0.2, 0.25) is 5.02 Å². The third-order valence-corrected chi connectivity index (χ3v) is 8.24. The summed E-state index contributed by atoms with van der Waals surface area (Å²) in [6.07, 6.45) is 1.46. The lowest BCUT2D eigenvalue weighted by molar-refractivity contribution is 0.0502. The molecule has 1 spiro atoms. The van der Waals surface area contributed by atoms with Crippen LogP contribution in [-0.4, -0.2) is 64.9 Å². The van der Waals surface area contributed by atoms with Crippen molar-refractivity contribution in [2.24, 2.45) is 5.41 Å². The molecule has 216 valence electrons. The third-order valence-electron chi connectivity index (χ3n) is 7.99. The summed E-state index contributed by atoms with van der Waals surface area (Å²) in [6, 6.07) is 18.2. The smallest absolute Gasteiger partial charge is 0.337 e. The zero-order valence-electron chi connectivity index (χ0n) is 23.5. The summed E-state index contributed by atoms with van der Waals surface area (Å²) in [6.45, 7) is 1.60. The molecule has 10 heteroatoms. The molecule has 9 nitrogen and oxygen atoms in total. The van der Waals surface area contributed by atoms with Crippen molar-refractivity contribution in [3.63, 3.8) is 0 Å². The molecule has 2 aliphatic heterocycles. The van der Waals surface area contributed by atoms with Crippen LogP contribution in [0.15, 0.2) is 60.7 Å². The molecule has 3 aromatic carbocycles. The average molecular weight is 581 g/mol. The topological polar surface area (TPSA) is 86.8 Å². The van der Waals surface area contributed by atoms with Crippen molar-refractivity contribution in [3.8, 4) is 17.2 Å². The van der Waals surface area contributed by atoms with Gasteiger partial charge in [-0.25, -0.2) is 9.86 Å². The lowest BCUT2D eigenvalue weighted by Gasteiger charge is -2.43. The van der Waals surface area contributed by atoms with Gasteiger partial charge in [-0.1, -0.05) is 23.7 Å². The molecule has 2 heterocycles. The minimum atomic E-state index is -0.395. The van der Waals surface area contributed by atoms with Gasteiger partial charge in [0.15, 0.2) is 11.5 Å². The second-order valence-corrected chi connectivity index (χ2v) is 10.6. The Morgan fingerprint density at radius 2 is 1.46 bits per heavy atom. The molecule has 41 heavy (non-hydrogen) atoms. The van der Waals surface area contributed by atoms with Gasteiger partial charge in [-0.3, -0.25) is 9.63 Å². The number of anilines is 1. The summed E-state index contributed by atoms with van der Waals surface area (Å²) < 4.78 is 21.2. The van der Waals surface area contributed by atoms with Crippen molar-refractivity contribution < 1.29 is 33.4 Å². The van der Waals surface area contributed by atoms with Gasteiger partial charge >= 0.3 is 5.97 Å². The van der Waals surface area contributed by atoms with Gasteiger partial charge in [0.05, 0.1) is 52.3 Å². The zero-order valence-corrected chi connectivity index (χ0v) is 24.3. The third kappa shape index (κ3) is 5.39. The highest BCUT2D eigenvalue weighted by molar-refractivity contribution is 6.30. The molecule has 0 aliphatic carbocycles. The van der Waals surface area contributed by atoms with Gasteiger partial charge in [0.25, 0.3) is 5.91 Å². The lowest BCUT2D eigenvalue weighted by Crippen LogP contribution is -2.46. The Labute approximate surface area is 244 Å². The summed E-state index contributed by atoms with van der Waals surface area (Å²) >= 11 is 6.23. The van der Waals surface area contributed by atoms with E-state index in [-0.39, 0.29) is 17.4 Å². The first kappa shape index (κ1) is 28.6. The minimum absolute atomic E-state index is 0.101. The van der Waals surface area contributed by atoms with Crippen molar-refractivity contribution in [2.45, 2.75) is 18.9 Å². The SMILES string of the molecule is COC(=O)c1ccc(N2OCC3(CCN(C(=O)c4cc(OC)c(OC)c(OC)c4)CC3)C2c2ccc(Cl)cc2)cc1. The van der Waals surface area contributed by atoms with Gasteiger partial charge in [0.1, 0.15) is 0 Å². The van der Waals surface area contributed by atoms with Crippen LogP contribution in [0.1, 0.15) is 45.2 Å². The first-order valence-corrected chi connectivity index (χ1v) is 13.7. The van der Waals surface area contributed by atoms with E-state index in [2.05, 4.69) is 0 Å². The van der Waals surface area contributed by atoms with Crippen molar-refractivity contribution in [1.29, 1.82) is 0 Å². The fraction of sp³-hybridized carbons (Fsp3) is 0.355. The summed E-state index contributed by atoms with van der Waals surface area (Å²) in [7, 11) is 5.95. The minimum Gasteiger partial charge on any atom is -0.493 e. The molecule has 0 N–H and O–H groups in total. The number of esters is 1. The number of amides is 1. The summed E-state index contributed by atoms with van der Waals surface area (Å²) in [5, 5.41) is 2.57. The van der Waals surface area contributed by atoms with Crippen molar-refractivity contribution in [3.05, 3.63) is 82.4 Å². The van der Waals surface area contributed by atoms with Crippen molar-refractivity contribution in [1.82, 2.24) is 4.90 Å². The van der Waals surface area contributed by atoms with Gasteiger partial charge in [-0.15, -0.1) is 0 Å². The number of hydrogen-bond acceptors (Lipinski definition) is 8. The van der Waals surface area contributed by atoms with E-state index in [0.717, 1.165) is 24.1 Å². The van der Waals surface area contributed by atoms with Crippen LogP contribution < -0.4 is 19.3 Å². The van der Waals surface area contributed by atoms with E-state index in [9.17, 15) is 9.59 Å². The Bertz CT molecular complexity index is 1380. The van der Waals surface area contributed by atoms with Gasteiger partial charge in [0.2, 0.25) is 5.75 Å². The number of hydrogen-bond donors (Lipinski definition) is 0. The molecular formula is C31H33ClN2O7. The monoisotopic (exact) mass is 580 g/mol. The highest BCUT2D eigenvalue weighted by atomic mass is 35.5. The Morgan fingerprint density at radius 1 is 0.854 bits per heavy atom. The van der Waals surface area contributed by atoms with E-state index in [4.69, 9.17) is 35.4 Å². The van der Waals surface area contributed by atoms with Crippen LogP contribution in [0, 0.1) is 5.41 Å². The molecule has 0 aromatic heterocycles. The van der Waals surface area contributed by atoms with Crippen LogP contribution in [0.4, 0.5) is 5.69 Å². The van der Waals surface area contributed by atoms with Crippen LogP contribution >= 0.6 is 11.6 Å². The summed E-state index contributed by atoms with van der Waals surface area (Å²) in [4.78, 5) is 33.8. The fourth-order valence-corrected chi connectivity index (χ4v) is 5.91. The number of piperidine rings is 1. The Kier molecular flexibility index (Phi) is 8.28. The normalized spacial score (nSPS) is 17.8. The molecule has 2 saturated heterocycles. The number of hydroxylamine groups is 1. The second kappa shape index (κ2) is 11.9. The van der Waals surface area contributed by atoms with Crippen LogP contribution in [-0.2, 0) is 9.57 Å². The molecular weight excluding hydrogens is 548 g/mol. The highest BCUT2D eigenvalue weighted by Gasteiger charge is 2.51. The number of nitrogens with zero attached hydrogens (tertiary/aromatic N) is 2. The molecule has 1 atom stereocenters. The number of rotatable bonds is 7. The maximum absolute atomic E-state index is 13.6. The van der Waals surface area contributed by atoms with E-state index in [1.807, 2.05) is 46.4 Å². The van der Waals surface area contributed by atoms with Crippen LogP contribution in [0.5, 0.6) is 17.2 Å². The number of halogens is 1. The first-order chi connectivity index (χ1) is 19.8. The lowest BCUT2D eigenvalue weighted by atomic mass is 9.71. The number of benzene rings is 3. The molecule has 0 bridgehead atoms. The van der Waals surface area contributed by atoms with Gasteiger partial charge in [0, 0.05) is 29.1 Å². The number of methoxy groups -OCH3 is 4. The summed E-state index contributed by atoms with van der Waals surface area (Å²) in [5.74, 6) is 0.817. The van der Waals surface area contributed by atoms with Crippen LogP contribution in [0.3, 0.4) is 0 Å². The van der Waals surface area contributed by atoms with Gasteiger partial charge in [-0.2, -0.15) is 0 Å². The Morgan fingerprint density at radius 3 is 2.00 bits per heavy atom. The van der Waals surface area contributed by atoms with Crippen molar-refractivity contribution in [2.75, 3.05) is 53.2 Å². The molecule has 0 radical (unpaired) electrons. The quantitative estimate of drug-likeness (QED) is 0.335. The van der Waals surface area contributed by atoms with E-state index < -0.39 is 5.97 Å². The molecule has 2 fully saturated rings. The molecule has 3 aromatic rings. The molecule has 5 rings (SSSR count). The van der Waals surface area contributed by atoms with E-state index in [1.165, 1.54) is 28.4 Å². The van der Waals surface area contributed by atoms with Gasteiger partial charge in [-0.05, 0) is 66.9 Å². The first-order valence-electron chi connectivity index (χ1n) is 13.3. The number of carbonyl (C=O) groups is 2. The maximum atomic E-state index is 13.6. The zero-order chi connectivity index (χ0) is 29.1. The van der Waals surface area contributed by atoms with E-state index in [0.29, 0.717) is 53.1 Å². The molecule has 1 amide bonds. The molecule has 0 saturated carbocycles. The van der Waals surface area contributed by atoms with Gasteiger partial charge < -0.3 is 23.8 Å². The Hall–Kier alpha value is -3.95. The standard InChI is InChI=1S/C31H33ClN2O7/c1-37-25-17-22(18-26(38-2)27(25)39-3)29(35)33-15-13-31(14-16-33)19-41-34(28(31)20-5-9-23(32)10-6-20)24-11-7-21(8-12-24)30(36)40-4/h5-12,17-18,28H,13-16,19H2,1-4H3. The fourth-order valence-electron chi connectivity index (χ4n) is 5.78. The maximum Gasteiger partial charge on any atom is 0.337 e. The predicted molar refractivity (Wildman–Crippen MR) is 154 cm³/mol. The predicted octanol–water partition coefficient (Wildman–Crippen LogP) is 5.57. The summed E-state index contributed by atoms with van der Waals surface area (Å²) in [5.41, 5.74) is 2.58. The van der Waals surface area contributed by atoms with E-state index in [1.54, 1.807) is 24.3 Å². The van der Waals surface area contributed by atoms with E-state index >= 15 is 0 Å². The molecule has 2 aliphatic rings. The second-order valence-electron chi connectivity index (χ2n) is 10.2. The average Bonchev–Trinajstić information content (AvgIpc) is 3.38. The van der Waals surface area contributed by atoms with Crippen molar-refractivity contribution >= 4 is 29.2 Å². The molecule has 1 unspecified atom stereocenters. The largest absolute Gasteiger partial charge is 0.493 e. The Balaban J connectivity index is 1.41.